The van der Waals surface area contributed by atoms with Crippen LogP contribution in [0.2, 0.25) is 5.02 Å². The van der Waals surface area contributed by atoms with Gasteiger partial charge in [-0.15, -0.1) is 0 Å². The first kappa shape index (κ1) is 37.5. The molecule has 0 bridgehead atoms. The molecule has 0 spiro atoms. The van der Waals surface area contributed by atoms with Crippen molar-refractivity contribution in [1.29, 1.82) is 0 Å². The lowest BCUT2D eigenvalue weighted by Gasteiger charge is -2.39. The molecule has 0 aliphatic carbocycles. The zero-order valence-corrected chi connectivity index (χ0v) is 29.0. The summed E-state index contributed by atoms with van der Waals surface area (Å²) in [7, 11) is 1.37. The third-order valence-corrected chi connectivity index (χ3v) is 10.4. The van der Waals surface area contributed by atoms with Crippen LogP contribution in [0.25, 0.3) is 0 Å². The van der Waals surface area contributed by atoms with Gasteiger partial charge in [0, 0.05) is 50.4 Å². The molecule has 3 aliphatic heterocycles. The van der Waals surface area contributed by atoms with Crippen LogP contribution in [-0.4, -0.2) is 103 Å². The molecule has 3 saturated heterocycles. The van der Waals surface area contributed by atoms with Crippen molar-refractivity contribution in [2.24, 2.45) is 0 Å². The molecular formula is C35H46ClF3N6O5. The number of piperidine rings is 2. The number of nitrogens with two attached hydrogens (primary N) is 2. The van der Waals surface area contributed by atoms with Crippen LogP contribution in [0, 0.1) is 0 Å². The number of likely N-dealkylation sites (tertiary alicyclic amines) is 3. The molecule has 50 heavy (non-hydrogen) atoms. The Morgan fingerprint density at radius 1 is 0.980 bits per heavy atom. The topological polar surface area (TPSA) is 143 Å². The van der Waals surface area contributed by atoms with E-state index in [1.807, 2.05) is 24.3 Å². The highest BCUT2D eigenvalue weighted by atomic mass is 35.5. The van der Waals surface area contributed by atoms with Crippen molar-refractivity contribution < 1.29 is 37.0 Å². The molecule has 274 valence electrons. The zero-order valence-electron chi connectivity index (χ0n) is 28.2. The Morgan fingerprint density at radius 2 is 1.66 bits per heavy atom. The lowest BCUT2D eigenvalue weighted by molar-refractivity contribution is -0.148. The van der Waals surface area contributed by atoms with Gasteiger partial charge in [0.1, 0.15) is 6.04 Å². The van der Waals surface area contributed by atoms with Gasteiger partial charge in [0.15, 0.2) is 6.10 Å². The van der Waals surface area contributed by atoms with Crippen molar-refractivity contribution in [3.8, 4) is 0 Å². The molecule has 2 aromatic carbocycles. The van der Waals surface area contributed by atoms with Gasteiger partial charge < -0.3 is 36.1 Å². The molecule has 2 amide bonds. The number of hydrogen-bond acceptors (Lipinski definition) is 9. The Balaban J connectivity index is 1.23. The number of halogens is 4. The lowest BCUT2D eigenvalue weighted by atomic mass is 9.99. The van der Waals surface area contributed by atoms with E-state index < -0.39 is 35.5 Å². The zero-order chi connectivity index (χ0) is 36.0. The predicted octanol–water partition coefficient (Wildman–Crippen LogP) is 4.50. The second-order valence-corrected chi connectivity index (χ2v) is 13.7. The van der Waals surface area contributed by atoms with Crippen molar-refractivity contribution in [1.82, 2.24) is 20.0 Å². The van der Waals surface area contributed by atoms with Crippen LogP contribution < -0.4 is 16.8 Å². The number of esters is 1. The Bertz CT molecular complexity index is 1510. The highest BCUT2D eigenvalue weighted by Gasteiger charge is 2.40. The minimum atomic E-state index is -4.77. The quantitative estimate of drug-likeness (QED) is 0.239. The number of carbonyl (C=O) groups is 3. The standard InChI is InChI=1S/C35H46ClF3N6O5/c1-49-33(47)29-7-4-14-45(29)25-11-17-43(18-12-25)32(46)30(21-22-19-26(35(37,38)39)31(41)27(36)20-22)50-34(48)44-15-9-24(10-16-44)42-13-8-23-5-2-3-6-28(23)40/h2-3,5-6,19-20,24-25,29-30,42H,4,7-18,21,40-41H2,1H3/t29-,30+/m0/s1. The fraction of sp³-hybridized carbons (Fsp3) is 0.571. The summed E-state index contributed by atoms with van der Waals surface area (Å²) in [4.78, 5) is 45.0. The summed E-state index contributed by atoms with van der Waals surface area (Å²) in [5.74, 6) is -0.772. The number of nitrogen functional groups attached to an aromatic ring is 2. The van der Waals surface area contributed by atoms with Gasteiger partial charge in [0.25, 0.3) is 5.91 Å². The Labute approximate surface area is 295 Å². The molecule has 3 heterocycles. The third kappa shape index (κ3) is 9.12. The van der Waals surface area contributed by atoms with E-state index in [1.54, 1.807) is 4.90 Å². The van der Waals surface area contributed by atoms with Crippen molar-refractivity contribution in [3.63, 3.8) is 0 Å². The van der Waals surface area contributed by atoms with Gasteiger partial charge in [-0.1, -0.05) is 29.8 Å². The molecule has 15 heteroatoms. The molecule has 0 saturated carbocycles. The average Bonchev–Trinajstić information content (AvgIpc) is 3.60. The van der Waals surface area contributed by atoms with Crippen molar-refractivity contribution in [3.05, 3.63) is 58.1 Å². The molecule has 5 N–H and O–H groups in total. The van der Waals surface area contributed by atoms with Gasteiger partial charge in [0.05, 0.1) is 23.4 Å². The highest BCUT2D eigenvalue weighted by molar-refractivity contribution is 6.33. The number of nitrogens with zero attached hydrogens (tertiary/aromatic N) is 3. The van der Waals surface area contributed by atoms with Crippen molar-refractivity contribution >= 4 is 40.9 Å². The van der Waals surface area contributed by atoms with Gasteiger partial charge in [-0.3, -0.25) is 14.5 Å². The number of hydrogen-bond donors (Lipinski definition) is 3. The van der Waals surface area contributed by atoms with E-state index in [4.69, 9.17) is 32.5 Å². The van der Waals surface area contributed by atoms with E-state index in [2.05, 4.69) is 10.2 Å². The number of para-hydroxylation sites is 1. The van der Waals surface area contributed by atoms with E-state index in [-0.39, 0.29) is 41.1 Å². The normalized spacial score (nSPS) is 20.1. The number of nitrogens with one attached hydrogen (secondary N) is 1. The SMILES string of the molecule is COC(=O)[C@@H]1CCCN1C1CCN(C(=O)[C@@H](Cc2cc(Cl)c(N)c(C(F)(F)F)c2)OC(=O)N2CCC(NCCc3ccccc3N)CC2)CC1. The molecule has 11 nitrogen and oxygen atoms in total. The summed E-state index contributed by atoms with van der Waals surface area (Å²) in [6, 6.07) is 9.74. The molecule has 2 atom stereocenters. The minimum Gasteiger partial charge on any atom is -0.468 e. The summed E-state index contributed by atoms with van der Waals surface area (Å²) in [6.07, 6.45) is -2.32. The van der Waals surface area contributed by atoms with Crippen LogP contribution in [0.3, 0.4) is 0 Å². The average molecular weight is 723 g/mol. The van der Waals surface area contributed by atoms with Gasteiger partial charge in [-0.05, 0) is 87.4 Å². The molecule has 2 aromatic rings. The molecule has 0 unspecified atom stereocenters. The van der Waals surface area contributed by atoms with Gasteiger partial charge in [-0.2, -0.15) is 13.2 Å². The second kappa shape index (κ2) is 16.5. The molecule has 0 radical (unpaired) electrons. The summed E-state index contributed by atoms with van der Waals surface area (Å²) in [6.45, 7) is 2.93. The van der Waals surface area contributed by atoms with Crippen LogP contribution in [0.1, 0.15) is 55.2 Å². The lowest BCUT2D eigenvalue weighted by Crippen LogP contribution is -2.53. The first-order valence-corrected chi connectivity index (χ1v) is 17.5. The highest BCUT2D eigenvalue weighted by Crippen LogP contribution is 2.38. The van der Waals surface area contributed by atoms with Crippen molar-refractivity contribution in [2.75, 3.05) is 57.8 Å². The van der Waals surface area contributed by atoms with Crippen molar-refractivity contribution in [2.45, 2.75) is 81.8 Å². The number of anilines is 2. The molecule has 3 fully saturated rings. The first-order chi connectivity index (χ1) is 23.8. The molecule has 0 aromatic heterocycles. The number of amides is 2. The summed E-state index contributed by atoms with van der Waals surface area (Å²) < 4.78 is 52.1. The number of ether oxygens (including phenoxy) is 2. The Morgan fingerprint density at radius 3 is 2.32 bits per heavy atom. The number of rotatable bonds is 10. The Hall–Kier alpha value is -3.75. The van der Waals surface area contributed by atoms with Crippen LogP contribution in [0.4, 0.5) is 29.3 Å². The van der Waals surface area contributed by atoms with E-state index in [9.17, 15) is 27.6 Å². The maximum absolute atomic E-state index is 14.0. The molecule has 3 aliphatic rings. The van der Waals surface area contributed by atoms with Gasteiger partial charge >= 0.3 is 18.2 Å². The predicted molar refractivity (Wildman–Crippen MR) is 183 cm³/mol. The van der Waals surface area contributed by atoms with E-state index in [0.717, 1.165) is 43.2 Å². The van der Waals surface area contributed by atoms with Crippen LogP contribution in [-0.2, 0) is 38.1 Å². The van der Waals surface area contributed by atoms with Crippen LogP contribution in [0.15, 0.2) is 36.4 Å². The van der Waals surface area contributed by atoms with Crippen LogP contribution >= 0.6 is 11.6 Å². The van der Waals surface area contributed by atoms with Gasteiger partial charge in [-0.25, -0.2) is 4.79 Å². The van der Waals surface area contributed by atoms with E-state index in [0.29, 0.717) is 58.3 Å². The van der Waals surface area contributed by atoms with Gasteiger partial charge in [0.2, 0.25) is 0 Å². The summed E-state index contributed by atoms with van der Waals surface area (Å²) in [5, 5.41) is 3.21. The monoisotopic (exact) mass is 722 g/mol. The van der Waals surface area contributed by atoms with E-state index >= 15 is 0 Å². The smallest absolute Gasteiger partial charge is 0.418 e. The summed E-state index contributed by atoms with van der Waals surface area (Å²) in [5.41, 5.74) is 11.8. The second-order valence-electron chi connectivity index (χ2n) is 13.3. The number of methoxy groups -OCH3 is 1. The molecular weight excluding hydrogens is 677 g/mol. The minimum absolute atomic E-state index is 0.0665. The number of carbonyl (C=O) groups excluding carboxylic acids is 3. The first-order valence-electron chi connectivity index (χ1n) is 17.2. The third-order valence-electron chi connectivity index (χ3n) is 10.1. The largest absolute Gasteiger partial charge is 0.468 e. The maximum atomic E-state index is 14.0. The number of alkyl halides is 3. The summed E-state index contributed by atoms with van der Waals surface area (Å²) >= 11 is 6.09. The number of benzene rings is 2. The van der Waals surface area contributed by atoms with E-state index in [1.165, 1.54) is 18.1 Å². The molecule has 5 rings (SSSR count). The fourth-order valence-corrected chi connectivity index (χ4v) is 7.53. The fourth-order valence-electron chi connectivity index (χ4n) is 7.29. The Kier molecular flexibility index (Phi) is 12.4. The van der Waals surface area contributed by atoms with Crippen LogP contribution in [0.5, 0.6) is 0 Å². The maximum Gasteiger partial charge on any atom is 0.418 e.